The van der Waals surface area contributed by atoms with Gasteiger partial charge in [0.05, 0.1) is 0 Å². The Hall–Kier alpha value is 0.0900. The fourth-order valence-electron chi connectivity index (χ4n) is 1.21. The summed E-state index contributed by atoms with van der Waals surface area (Å²) in [5.74, 6) is 1.34. The number of hydrogen-bond acceptors (Lipinski definition) is 1. The van der Waals surface area contributed by atoms with Crippen LogP contribution in [0.15, 0.2) is 12.2 Å². The molecule has 0 nitrogen and oxygen atoms in total. The van der Waals surface area contributed by atoms with Crippen LogP contribution >= 0.6 is 11.8 Å². The molecule has 0 unspecified atom stereocenters. The molecule has 0 N–H and O–H groups in total. The SMILES string of the molecule is C/C=C/CCCCCCCSC. The average molecular weight is 186 g/mol. The van der Waals surface area contributed by atoms with Crippen molar-refractivity contribution < 1.29 is 0 Å². The summed E-state index contributed by atoms with van der Waals surface area (Å²) < 4.78 is 0. The lowest BCUT2D eigenvalue weighted by atomic mass is 10.1. The monoisotopic (exact) mass is 186 g/mol. The molecule has 0 atom stereocenters. The highest BCUT2D eigenvalue weighted by molar-refractivity contribution is 7.98. The van der Waals surface area contributed by atoms with E-state index in [1.807, 2.05) is 11.8 Å². The van der Waals surface area contributed by atoms with Gasteiger partial charge in [0.2, 0.25) is 0 Å². The second-order valence-corrected chi connectivity index (χ2v) is 4.10. The van der Waals surface area contributed by atoms with Crippen molar-refractivity contribution in [2.45, 2.75) is 45.4 Å². The lowest BCUT2D eigenvalue weighted by molar-refractivity contribution is 0.640. The summed E-state index contributed by atoms with van der Waals surface area (Å²) >= 11 is 1.96. The van der Waals surface area contributed by atoms with Crippen molar-refractivity contribution in [3.05, 3.63) is 12.2 Å². The summed E-state index contributed by atoms with van der Waals surface area (Å²) in [6.07, 6.45) is 14.9. The van der Waals surface area contributed by atoms with Crippen LogP contribution in [0.4, 0.5) is 0 Å². The molecule has 0 aliphatic carbocycles. The van der Waals surface area contributed by atoms with E-state index in [0.29, 0.717) is 0 Å². The molecule has 0 radical (unpaired) electrons. The van der Waals surface area contributed by atoms with E-state index in [0.717, 1.165) is 0 Å². The van der Waals surface area contributed by atoms with E-state index >= 15 is 0 Å². The van der Waals surface area contributed by atoms with Gasteiger partial charge in [-0.1, -0.05) is 31.4 Å². The van der Waals surface area contributed by atoms with Gasteiger partial charge in [-0.05, 0) is 38.2 Å². The van der Waals surface area contributed by atoms with Crippen molar-refractivity contribution in [3.8, 4) is 0 Å². The normalized spacial score (nSPS) is 11.2. The molecule has 72 valence electrons. The maximum Gasteiger partial charge on any atom is -0.00703 e. The minimum atomic E-state index is 1.28. The van der Waals surface area contributed by atoms with E-state index in [1.54, 1.807) is 0 Å². The van der Waals surface area contributed by atoms with Crippen molar-refractivity contribution in [1.29, 1.82) is 0 Å². The summed E-state index contributed by atoms with van der Waals surface area (Å²) in [5.41, 5.74) is 0. The highest BCUT2D eigenvalue weighted by atomic mass is 32.2. The molecular weight excluding hydrogens is 164 g/mol. The van der Waals surface area contributed by atoms with Gasteiger partial charge >= 0.3 is 0 Å². The summed E-state index contributed by atoms with van der Waals surface area (Å²) in [5, 5.41) is 0. The number of thioether (sulfide) groups is 1. The van der Waals surface area contributed by atoms with Gasteiger partial charge in [-0.15, -0.1) is 0 Å². The molecule has 0 saturated carbocycles. The lowest BCUT2D eigenvalue weighted by Gasteiger charge is -1.98. The molecule has 1 heteroatoms. The molecule has 0 aromatic heterocycles. The Kier molecular flexibility index (Phi) is 11.2. The van der Waals surface area contributed by atoms with Crippen molar-refractivity contribution in [2.24, 2.45) is 0 Å². The van der Waals surface area contributed by atoms with E-state index in [-0.39, 0.29) is 0 Å². The molecule has 12 heavy (non-hydrogen) atoms. The minimum Gasteiger partial charge on any atom is -0.165 e. The lowest BCUT2D eigenvalue weighted by Crippen LogP contribution is -1.80. The maximum atomic E-state index is 2.27. The summed E-state index contributed by atoms with van der Waals surface area (Å²) in [6.45, 7) is 2.10. The molecule has 0 heterocycles. The van der Waals surface area contributed by atoms with Gasteiger partial charge in [0.1, 0.15) is 0 Å². The third-order valence-corrected chi connectivity index (χ3v) is 2.65. The minimum absolute atomic E-state index is 1.28. The van der Waals surface area contributed by atoms with Crippen molar-refractivity contribution in [2.75, 3.05) is 12.0 Å². The zero-order valence-corrected chi connectivity index (χ0v) is 9.33. The highest BCUT2D eigenvalue weighted by Gasteiger charge is 1.88. The predicted octanol–water partition coefficient (Wildman–Crippen LogP) is 4.27. The first-order valence-electron chi connectivity index (χ1n) is 5.02. The quantitative estimate of drug-likeness (QED) is 0.403. The molecule has 0 fully saturated rings. The third kappa shape index (κ3) is 10.1. The fourth-order valence-corrected chi connectivity index (χ4v) is 1.70. The molecule has 0 spiro atoms. The molecule has 0 rings (SSSR count). The number of hydrogen-bond donors (Lipinski definition) is 0. The Morgan fingerprint density at radius 1 is 1.00 bits per heavy atom. The first-order chi connectivity index (χ1) is 5.91. The number of unbranched alkanes of at least 4 members (excludes halogenated alkanes) is 5. The molecule has 0 aliphatic heterocycles. The predicted molar refractivity (Wildman–Crippen MR) is 60.9 cm³/mol. The van der Waals surface area contributed by atoms with E-state index in [9.17, 15) is 0 Å². The third-order valence-electron chi connectivity index (χ3n) is 1.95. The standard InChI is InChI=1S/C11H22S/c1-3-4-5-6-7-8-9-10-11-12-2/h3-4H,5-11H2,1-2H3/b4-3+. The van der Waals surface area contributed by atoms with Crippen LogP contribution in [-0.2, 0) is 0 Å². The second kappa shape index (κ2) is 11.1. The highest BCUT2D eigenvalue weighted by Crippen LogP contribution is 2.07. The largest absolute Gasteiger partial charge is 0.165 e. The van der Waals surface area contributed by atoms with E-state index in [2.05, 4.69) is 25.3 Å². The second-order valence-electron chi connectivity index (χ2n) is 3.12. The maximum absolute atomic E-state index is 2.27. The van der Waals surface area contributed by atoms with Crippen molar-refractivity contribution >= 4 is 11.8 Å². The van der Waals surface area contributed by atoms with Crippen LogP contribution in [0.5, 0.6) is 0 Å². The van der Waals surface area contributed by atoms with Crippen LogP contribution in [0.25, 0.3) is 0 Å². The van der Waals surface area contributed by atoms with Gasteiger partial charge in [-0.2, -0.15) is 11.8 Å². The zero-order valence-electron chi connectivity index (χ0n) is 8.51. The zero-order chi connectivity index (χ0) is 9.07. The summed E-state index contributed by atoms with van der Waals surface area (Å²) in [4.78, 5) is 0. The van der Waals surface area contributed by atoms with Gasteiger partial charge in [0, 0.05) is 0 Å². The Labute approximate surface area is 81.8 Å². The first-order valence-corrected chi connectivity index (χ1v) is 6.41. The van der Waals surface area contributed by atoms with E-state index in [1.165, 1.54) is 44.3 Å². The van der Waals surface area contributed by atoms with E-state index < -0.39 is 0 Å². The topological polar surface area (TPSA) is 0 Å². The van der Waals surface area contributed by atoms with Gasteiger partial charge in [-0.25, -0.2) is 0 Å². The van der Waals surface area contributed by atoms with Crippen LogP contribution in [-0.4, -0.2) is 12.0 Å². The van der Waals surface area contributed by atoms with Gasteiger partial charge in [0.15, 0.2) is 0 Å². The number of rotatable bonds is 8. The van der Waals surface area contributed by atoms with Gasteiger partial charge in [0.25, 0.3) is 0 Å². The molecule has 0 bridgehead atoms. The Bertz CT molecular complexity index is 97.2. The van der Waals surface area contributed by atoms with Crippen LogP contribution in [0.1, 0.15) is 45.4 Å². The first kappa shape index (κ1) is 12.1. The Morgan fingerprint density at radius 2 is 1.67 bits per heavy atom. The molecule has 0 aromatic rings. The Balaban J connectivity index is 2.81. The number of allylic oxidation sites excluding steroid dienone is 2. The van der Waals surface area contributed by atoms with Crippen LogP contribution < -0.4 is 0 Å². The average Bonchev–Trinajstić information content (AvgIpc) is 2.10. The molecular formula is C11H22S. The van der Waals surface area contributed by atoms with Crippen LogP contribution in [0.2, 0.25) is 0 Å². The molecule has 0 saturated heterocycles. The molecule has 0 aliphatic rings. The Morgan fingerprint density at radius 3 is 2.33 bits per heavy atom. The van der Waals surface area contributed by atoms with E-state index in [4.69, 9.17) is 0 Å². The summed E-state index contributed by atoms with van der Waals surface area (Å²) in [7, 11) is 0. The van der Waals surface area contributed by atoms with Crippen molar-refractivity contribution in [1.82, 2.24) is 0 Å². The smallest absolute Gasteiger partial charge is 0.00703 e. The molecule has 0 amide bonds. The van der Waals surface area contributed by atoms with Crippen LogP contribution in [0.3, 0.4) is 0 Å². The van der Waals surface area contributed by atoms with Crippen molar-refractivity contribution in [3.63, 3.8) is 0 Å². The fraction of sp³-hybridized carbons (Fsp3) is 0.818. The summed E-state index contributed by atoms with van der Waals surface area (Å²) in [6, 6.07) is 0. The molecule has 0 aromatic carbocycles. The van der Waals surface area contributed by atoms with Gasteiger partial charge < -0.3 is 0 Å². The van der Waals surface area contributed by atoms with Gasteiger partial charge in [-0.3, -0.25) is 0 Å². The van der Waals surface area contributed by atoms with Crippen LogP contribution in [0, 0.1) is 0 Å².